The maximum absolute atomic E-state index is 11.9. The van der Waals surface area contributed by atoms with Crippen molar-refractivity contribution in [3.63, 3.8) is 0 Å². The van der Waals surface area contributed by atoms with E-state index < -0.39 is 0 Å². The highest BCUT2D eigenvalue weighted by atomic mass is 16.5. The number of alkyl carbamates (subject to hydrolysis) is 1. The fourth-order valence-corrected chi connectivity index (χ4v) is 3.44. The summed E-state index contributed by atoms with van der Waals surface area (Å²) >= 11 is 0. The van der Waals surface area contributed by atoms with Crippen molar-refractivity contribution in [3.05, 3.63) is 48.0 Å². The minimum Gasteiger partial charge on any atom is -0.507 e. The molecule has 1 amide bonds. The number of nitrogens with zero attached hydrogens (tertiary/aromatic N) is 3. The minimum atomic E-state index is -0.383. The molecule has 0 bridgehead atoms. The van der Waals surface area contributed by atoms with Gasteiger partial charge in [0.05, 0.1) is 23.7 Å². The molecule has 2 heterocycles. The summed E-state index contributed by atoms with van der Waals surface area (Å²) in [6.07, 6.45) is -0.383. The lowest BCUT2D eigenvalue weighted by atomic mass is 10.1. The van der Waals surface area contributed by atoms with E-state index in [0.29, 0.717) is 37.0 Å². The molecule has 3 aromatic rings. The van der Waals surface area contributed by atoms with Crippen LogP contribution in [0, 0.1) is 12.8 Å². The van der Waals surface area contributed by atoms with Gasteiger partial charge in [0, 0.05) is 18.5 Å². The summed E-state index contributed by atoms with van der Waals surface area (Å²) in [7, 11) is 0. The number of phenols is 1. The Labute approximate surface area is 175 Å². The van der Waals surface area contributed by atoms with Crippen LogP contribution < -0.4 is 10.2 Å². The maximum atomic E-state index is 11.9. The largest absolute Gasteiger partial charge is 0.507 e. The Hall–Kier alpha value is -3.35. The third kappa shape index (κ3) is 4.15. The van der Waals surface area contributed by atoms with Crippen molar-refractivity contribution in [1.29, 1.82) is 0 Å². The molecule has 0 saturated carbocycles. The number of aromatic nitrogens is 2. The van der Waals surface area contributed by atoms with E-state index in [4.69, 9.17) is 9.72 Å². The lowest BCUT2D eigenvalue weighted by molar-refractivity contribution is 0.127. The topological polar surface area (TPSA) is 87.6 Å². The zero-order valence-electron chi connectivity index (χ0n) is 17.4. The first kappa shape index (κ1) is 19.9. The van der Waals surface area contributed by atoms with Gasteiger partial charge in [-0.25, -0.2) is 14.8 Å². The number of aryl methyl sites for hydroxylation is 1. The second-order valence-corrected chi connectivity index (χ2v) is 8.15. The Morgan fingerprint density at radius 2 is 2.00 bits per heavy atom. The molecule has 0 spiro atoms. The standard InChI is InChI=1S/C23H26N4O3/c1-14(2)13-30-23(29)24-16-11-27(12-16)22-17-9-8-15(3)10-19(17)25-21(26-22)18-6-4-5-7-20(18)28/h4-10,14,16,28H,11-13H2,1-3H3,(H,24,29). The van der Waals surface area contributed by atoms with Crippen LogP contribution in [0.5, 0.6) is 5.75 Å². The number of para-hydroxylation sites is 1. The monoisotopic (exact) mass is 406 g/mol. The molecule has 2 N–H and O–H groups in total. The lowest BCUT2D eigenvalue weighted by Gasteiger charge is -2.40. The van der Waals surface area contributed by atoms with Gasteiger partial charge in [0.15, 0.2) is 5.82 Å². The Kier molecular flexibility index (Phi) is 5.44. The van der Waals surface area contributed by atoms with Gasteiger partial charge in [-0.15, -0.1) is 0 Å². The first-order chi connectivity index (χ1) is 14.4. The molecule has 7 heteroatoms. The molecule has 0 atom stereocenters. The van der Waals surface area contributed by atoms with E-state index in [0.717, 1.165) is 22.3 Å². The first-order valence-electron chi connectivity index (χ1n) is 10.2. The van der Waals surface area contributed by atoms with Crippen LogP contribution in [0.15, 0.2) is 42.5 Å². The summed E-state index contributed by atoms with van der Waals surface area (Å²) in [5.41, 5.74) is 2.52. The van der Waals surface area contributed by atoms with Crippen LogP contribution in [0.25, 0.3) is 22.3 Å². The molecule has 4 rings (SSSR count). The zero-order chi connectivity index (χ0) is 21.3. The second-order valence-electron chi connectivity index (χ2n) is 8.15. The molecule has 1 aliphatic rings. The molecule has 1 aromatic heterocycles. The second kappa shape index (κ2) is 8.18. The summed E-state index contributed by atoms with van der Waals surface area (Å²) in [6, 6.07) is 13.1. The predicted molar refractivity (Wildman–Crippen MR) is 117 cm³/mol. The fourth-order valence-electron chi connectivity index (χ4n) is 3.44. The van der Waals surface area contributed by atoms with Gasteiger partial charge in [0.25, 0.3) is 0 Å². The molecule has 0 unspecified atom stereocenters. The SMILES string of the molecule is Cc1ccc2c(N3CC(NC(=O)OCC(C)C)C3)nc(-c3ccccc3O)nc2c1. The molecule has 156 valence electrons. The fraction of sp³-hybridized carbons (Fsp3) is 0.348. The van der Waals surface area contributed by atoms with Crippen LogP contribution >= 0.6 is 0 Å². The molecule has 7 nitrogen and oxygen atoms in total. The van der Waals surface area contributed by atoms with E-state index in [1.165, 1.54) is 0 Å². The van der Waals surface area contributed by atoms with Crippen LogP contribution in [0.4, 0.5) is 10.6 Å². The van der Waals surface area contributed by atoms with Gasteiger partial charge in [-0.1, -0.05) is 32.0 Å². The van der Waals surface area contributed by atoms with E-state index in [1.54, 1.807) is 18.2 Å². The van der Waals surface area contributed by atoms with Gasteiger partial charge in [0.2, 0.25) is 0 Å². The Balaban J connectivity index is 1.58. The molecule has 1 aliphatic heterocycles. The average Bonchev–Trinajstić information content (AvgIpc) is 2.68. The summed E-state index contributed by atoms with van der Waals surface area (Å²) in [4.78, 5) is 23.5. The number of fused-ring (bicyclic) bond motifs is 1. The number of phenolic OH excluding ortho intramolecular Hbond substituents is 1. The highest BCUT2D eigenvalue weighted by molar-refractivity contribution is 5.92. The molecular weight excluding hydrogens is 380 g/mol. The summed E-state index contributed by atoms with van der Waals surface area (Å²) in [5, 5.41) is 14.1. The number of rotatable bonds is 5. The average molecular weight is 406 g/mol. The number of hydrogen-bond donors (Lipinski definition) is 2. The Morgan fingerprint density at radius 3 is 2.73 bits per heavy atom. The normalized spacial score (nSPS) is 14.1. The van der Waals surface area contributed by atoms with Crippen LogP contribution in [0.1, 0.15) is 19.4 Å². The lowest BCUT2D eigenvalue weighted by Crippen LogP contribution is -2.59. The van der Waals surface area contributed by atoms with Gasteiger partial charge in [-0.2, -0.15) is 0 Å². The third-order valence-electron chi connectivity index (χ3n) is 5.03. The molecule has 1 saturated heterocycles. The number of ether oxygens (including phenoxy) is 1. The molecule has 1 fully saturated rings. The number of carbonyl (C=O) groups excluding carboxylic acids is 1. The summed E-state index contributed by atoms with van der Waals surface area (Å²) in [5.74, 6) is 1.73. The summed E-state index contributed by atoms with van der Waals surface area (Å²) in [6.45, 7) is 7.70. The highest BCUT2D eigenvalue weighted by Gasteiger charge is 2.31. The van der Waals surface area contributed by atoms with Crippen molar-refractivity contribution in [2.24, 2.45) is 5.92 Å². The molecule has 0 aliphatic carbocycles. The number of anilines is 1. The molecule has 2 aromatic carbocycles. The van der Waals surface area contributed by atoms with Crippen LogP contribution in [0.2, 0.25) is 0 Å². The van der Waals surface area contributed by atoms with E-state index >= 15 is 0 Å². The number of benzene rings is 2. The van der Waals surface area contributed by atoms with Gasteiger partial charge >= 0.3 is 6.09 Å². The van der Waals surface area contributed by atoms with Gasteiger partial charge in [-0.05, 0) is 42.7 Å². The molecule has 30 heavy (non-hydrogen) atoms. The highest BCUT2D eigenvalue weighted by Crippen LogP contribution is 2.33. The van der Waals surface area contributed by atoms with Crippen LogP contribution in [-0.4, -0.2) is 46.9 Å². The van der Waals surface area contributed by atoms with E-state index in [2.05, 4.69) is 15.2 Å². The van der Waals surface area contributed by atoms with E-state index in [-0.39, 0.29) is 17.9 Å². The first-order valence-corrected chi connectivity index (χ1v) is 10.2. The van der Waals surface area contributed by atoms with Gasteiger partial charge in [0.1, 0.15) is 11.6 Å². The van der Waals surface area contributed by atoms with Crippen LogP contribution in [0.3, 0.4) is 0 Å². The number of amides is 1. The predicted octanol–water partition coefficient (Wildman–Crippen LogP) is 3.88. The van der Waals surface area contributed by atoms with Crippen LogP contribution in [-0.2, 0) is 4.74 Å². The van der Waals surface area contributed by atoms with E-state index in [9.17, 15) is 9.90 Å². The van der Waals surface area contributed by atoms with Crippen molar-refractivity contribution < 1.29 is 14.6 Å². The van der Waals surface area contributed by atoms with Crippen molar-refractivity contribution in [2.45, 2.75) is 26.8 Å². The number of carbonyl (C=O) groups is 1. The number of hydrogen-bond acceptors (Lipinski definition) is 6. The number of aromatic hydroxyl groups is 1. The summed E-state index contributed by atoms with van der Waals surface area (Å²) < 4.78 is 5.20. The van der Waals surface area contributed by atoms with Crippen molar-refractivity contribution in [2.75, 3.05) is 24.6 Å². The van der Waals surface area contributed by atoms with Gasteiger partial charge < -0.3 is 20.1 Å². The van der Waals surface area contributed by atoms with E-state index in [1.807, 2.05) is 45.0 Å². The van der Waals surface area contributed by atoms with Gasteiger partial charge in [-0.3, -0.25) is 0 Å². The molecular formula is C23H26N4O3. The Morgan fingerprint density at radius 1 is 1.23 bits per heavy atom. The third-order valence-corrected chi connectivity index (χ3v) is 5.03. The zero-order valence-corrected chi connectivity index (χ0v) is 17.4. The van der Waals surface area contributed by atoms with Crippen molar-refractivity contribution >= 4 is 22.8 Å². The maximum Gasteiger partial charge on any atom is 0.407 e. The molecule has 0 radical (unpaired) electrons. The quantitative estimate of drug-likeness (QED) is 0.669. The van der Waals surface area contributed by atoms with Crippen molar-refractivity contribution in [3.8, 4) is 17.1 Å². The Bertz CT molecular complexity index is 1080. The minimum absolute atomic E-state index is 0.00806. The number of nitrogens with one attached hydrogen (secondary N) is 1. The van der Waals surface area contributed by atoms with Crippen molar-refractivity contribution in [1.82, 2.24) is 15.3 Å². The smallest absolute Gasteiger partial charge is 0.407 e.